The van der Waals surface area contributed by atoms with Gasteiger partial charge in [0, 0.05) is 6.54 Å². The molecular weight excluding hydrogens is 491 g/mol. The van der Waals surface area contributed by atoms with E-state index in [-0.39, 0.29) is 46.7 Å². The summed E-state index contributed by atoms with van der Waals surface area (Å²) in [6, 6.07) is 7.66. The molecule has 0 atom stereocenters. The Morgan fingerprint density at radius 1 is 1.00 bits per heavy atom. The van der Waals surface area contributed by atoms with E-state index in [0.717, 1.165) is 12.8 Å². The van der Waals surface area contributed by atoms with Gasteiger partial charge in [0.1, 0.15) is 17.1 Å². The van der Waals surface area contributed by atoms with Crippen molar-refractivity contribution in [1.29, 1.82) is 0 Å². The van der Waals surface area contributed by atoms with Gasteiger partial charge in [0.05, 0.1) is 23.1 Å². The maximum atomic E-state index is 14.0. The lowest BCUT2D eigenvalue weighted by atomic mass is 10.1. The van der Waals surface area contributed by atoms with Crippen molar-refractivity contribution in [1.82, 2.24) is 4.90 Å². The molecule has 3 rings (SSSR count). The van der Waals surface area contributed by atoms with Gasteiger partial charge in [-0.05, 0) is 68.8 Å². The van der Waals surface area contributed by atoms with Crippen molar-refractivity contribution >= 4 is 16.9 Å². The first-order chi connectivity index (χ1) is 17.6. The average Bonchev–Trinajstić information content (AvgIpc) is 2.85. The summed E-state index contributed by atoms with van der Waals surface area (Å²) in [5.74, 6) is -3.58. The van der Waals surface area contributed by atoms with Crippen molar-refractivity contribution in [3.8, 4) is 17.2 Å². The van der Waals surface area contributed by atoms with Crippen LogP contribution in [-0.4, -0.2) is 35.7 Å². The zero-order chi connectivity index (χ0) is 27.2. The van der Waals surface area contributed by atoms with Crippen molar-refractivity contribution < 1.29 is 37.0 Å². The minimum Gasteiger partial charge on any atom is -0.507 e. The van der Waals surface area contributed by atoms with E-state index in [1.165, 1.54) is 36.4 Å². The predicted molar refractivity (Wildman–Crippen MR) is 132 cm³/mol. The van der Waals surface area contributed by atoms with E-state index in [0.29, 0.717) is 19.5 Å². The molecule has 0 radical (unpaired) electrons. The predicted octanol–water partition coefficient (Wildman–Crippen LogP) is 6.50. The fourth-order valence-electron chi connectivity index (χ4n) is 3.90. The monoisotopic (exact) mass is 521 g/mol. The Kier molecular flexibility index (Phi) is 9.20. The molecular formula is C27H30F3NO6. The molecule has 0 aliphatic carbocycles. The number of fused-ring (bicyclic) bond motifs is 1. The number of phenols is 1. The normalized spacial score (nSPS) is 11.8. The molecule has 0 bridgehead atoms. The van der Waals surface area contributed by atoms with Gasteiger partial charge in [0.2, 0.25) is 11.2 Å². The number of esters is 1. The van der Waals surface area contributed by atoms with Crippen LogP contribution in [0.5, 0.6) is 17.2 Å². The van der Waals surface area contributed by atoms with Crippen LogP contribution in [0.4, 0.5) is 13.2 Å². The highest BCUT2D eigenvalue weighted by Gasteiger charge is 2.41. The molecule has 3 aromatic rings. The minimum atomic E-state index is -5.05. The van der Waals surface area contributed by atoms with Crippen LogP contribution in [0.25, 0.3) is 11.0 Å². The van der Waals surface area contributed by atoms with Gasteiger partial charge in [-0.3, -0.25) is 9.69 Å². The summed E-state index contributed by atoms with van der Waals surface area (Å²) < 4.78 is 57.8. The largest absolute Gasteiger partial charge is 0.507 e. The van der Waals surface area contributed by atoms with Crippen molar-refractivity contribution in [2.24, 2.45) is 0 Å². The summed E-state index contributed by atoms with van der Waals surface area (Å²) in [7, 11) is 0. The van der Waals surface area contributed by atoms with Gasteiger partial charge in [-0.2, -0.15) is 13.2 Å². The Morgan fingerprint density at radius 2 is 1.65 bits per heavy atom. The number of rotatable bonds is 11. The van der Waals surface area contributed by atoms with Gasteiger partial charge in [-0.25, -0.2) is 4.79 Å². The number of nitrogens with zero attached hydrogens (tertiary/aromatic N) is 1. The summed E-state index contributed by atoms with van der Waals surface area (Å²) in [5, 5.41) is 10.3. The average molecular weight is 522 g/mol. The van der Waals surface area contributed by atoms with Gasteiger partial charge in [0.15, 0.2) is 0 Å². The summed E-state index contributed by atoms with van der Waals surface area (Å²) in [6.45, 7) is 7.44. The molecule has 10 heteroatoms. The quantitative estimate of drug-likeness (QED) is 0.288. The Bertz CT molecular complexity index is 1280. The number of hydrogen-bond donors (Lipinski definition) is 1. The first-order valence-electron chi connectivity index (χ1n) is 12.2. The van der Waals surface area contributed by atoms with Gasteiger partial charge >= 0.3 is 12.1 Å². The Morgan fingerprint density at radius 3 is 2.22 bits per heavy atom. The smallest absolute Gasteiger partial charge is 0.453 e. The van der Waals surface area contributed by atoms with Crippen molar-refractivity contribution in [2.45, 2.75) is 52.8 Å². The molecule has 0 spiro atoms. The second kappa shape index (κ2) is 12.1. The maximum Gasteiger partial charge on any atom is 0.453 e. The number of ether oxygens (including phenoxy) is 2. The minimum absolute atomic E-state index is 0.0970. The fourth-order valence-corrected chi connectivity index (χ4v) is 3.90. The first kappa shape index (κ1) is 28.0. The van der Waals surface area contributed by atoms with Crippen LogP contribution in [0, 0.1) is 0 Å². The van der Waals surface area contributed by atoms with E-state index in [1.807, 2.05) is 25.7 Å². The molecule has 0 aliphatic heterocycles. The molecule has 7 nitrogen and oxygen atoms in total. The number of phenolic OH excluding ortho intramolecular Hbond substituents is 1. The van der Waals surface area contributed by atoms with Crippen LogP contribution >= 0.6 is 0 Å². The molecule has 0 amide bonds. The number of carbonyl (C=O) groups excluding carboxylic acids is 1. The van der Waals surface area contributed by atoms with Crippen LogP contribution < -0.4 is 10.2 Å². The van der Waals surface area contributed by atoms with Gasteiger partial charge in [-0.1, -0.05) is 20.8 Å². The van der Waals surface area contributed by atoms with E-state index >= 15 is 0 Å². The number of benzene rings is 2. The van der Waals surface area contributed by atoms with Gasteiger partial charge in [-0.15, -0.1) is 0 Å². The summed E-state index contributed by atoms with van der Waals surface area (Å²) in [6.07, 6.45) is -2.81. The highest BCUT2D eigenvalue weighted by molar-refractivity contribution is 5.89. The van der Waals surface area contributed by atoms with Gasteiger partial charge in [0.25, 0.3) is 5.76 Å². The molecule has 0 fully saturated rings. The molecule has 1 heterocycles. The molecule has 2 aromatic carbocycles. The van der Waals surface area contributed by atoms with Crippen LogP contribution in [0.1, 0.15) is 61.7 Å². The molecule has 200 valence electrons. The molecule has 0 saturated heterocycles. The molecule has 0 saturated carbocycles. The number of carbonyl (C=O) groups is 1. The van der Waals surface area contributed by atoms with Crippen LogP contribution in [0.2, 0.25) is 0 Å². The topological polar surface area (TPSA) is 89.2 Å². The van der Waals surface area contributed by atoms with E-state index in [9.17, 15) is 27.9 Å². The lowest BCUT2D eigenvalue weighted by Crippen LogP contribution is -2.25. The van der Waals surface area contributed by atoms with Crippen molar-refractivity contribution in [3.05, 3.63) is 63.5 Å². The standard InChI is InChI=1S/C27H30F3NO6/c1-4-13-31(14-5-2)16-20-21(32)12-11-19-22(33)24(25(27(28,29)30)37-23(19)20)36-18-9-7-17(8-10-18)26(34)35-15-6-3/h7-12,32H,4-6,13-16H2,1-3H3. The summed E-state index contributed by atoms with van der Waals surface area (Å²) >= 11 is 0. The Balaban J connectivity index is 2.08. The zero-order valence-electron chi connectivity index (χ0n) is 21.0. The van der Waals surface area contributed by atoms with E-state index in [1.54, 1.807) is 0 Å². The first-order valence-corrected chi connectivity index (χ1v) is 12.2. The number of aromatic hydroxyl groups is 1. The molecule has 1 N–H and O–H groups in total. The van der Waals surface area contributed by atoms with E-state index in [2.05, 4.69) is 0 Å². The van der Waals surface area contributed by atoms with E-state index in [4.69, 9.17) is 13.9 Å². The Hall–Kier alpha value is -3.53. The molecule has 0 unspecified atom stereocenters. The third-order valence-electron chi connectivity index (χ3n) is 5.56. The van der Waals surface area contributed by atoms with Crippen LogP contribution in [-0.2, 0) is 17.5 Å². The zero-order valence-corrected chi connectivity index (χ0v) is 21.0. The number of halogens is 3. The third kappa shape index (κ3) is 6.62. The molecule has 1 aromatic heterocycles. The number of hydrogen-bond acceptors (Lipinski definition) is 7. The van der Waals surface area contributed by atoms with Crippen LogP contribution in [0.3, 0.4) is 0 Å². The second-order valence-electron chi connectivity index (χ2n) is 8.57. The molecule has 0 aliphatic rings. The lowest BCUT2D eigenvalue weighted by molar-refractivity contribution is -0.154. The van der Waals surface area contributed by atoms with E-state index < -0.39 is 29.1 Å². The number of alkyl halides is 3. The van der Waals surface area contributed by atoms with Crippen molar-refractivity contribution in [3.63, 3.8) is 0 Å². The second-order valence-corrected chi connectivity index (χ2v) is 8.57. The third-order valence-corrected chi connectivity index (χ3v) is 5.56. The van der Waals surface area contributed by atoms with Crippen molar-refractivity contribution in [2.75, 3.05) is 19.7 Å². The fraction of sp³-hybridized carbons (Fsp3) is 0.407. The molecule has 37 heavy (non-hydrogen) atoms. The highest BCUT2D eigenvalue weighted by Crippen LogP contribution is 2.40. The van der Waals surface area contributed by atoms with Crippen LogP contribution in [0.15, 0.2) is 45.6 Å². The SMILES string of the molecule is CCCOC(=O)c1ccc(Oc2c(C(F)(F)F)oc3c(CN(CCC)CCC)c(O)ccc3c2=O)cc1. The summed E-state index contributed by atoms with van der Waals surface area (Å²) in [4.78, 5) is 27.2. The Labute approximate surface area is 212 Å². The maximum absolute atomic E-state index is 14.0. The lowest BCUT2D eigenvalue weighted by Gasteiger charge is -2.22. The van der Waals surface area contributed by atoms with Gasteiger partial charge < -0.3 is 19.0 Å². The highest BCUT2D eigenvalue weighted by atomic mass is 19.4. The summed E-state index contributed by atoms with van der Waals surface area (Å²) in [5.41, 5.74) is -1.08.